The van der Waals surface area contributed by atoms with E-state index in [1.165, 1.54) is 12.1 Å². The van der Waals surface area contributed by atoms with Crippen molar-refractivity contribution in [1.29, 1.82) is 0 Å². The van der Waals surface area contributed by atoms with Crippen molar-refractivity contribution in [1.82, 2.24) is 10.6 Å². The highest BCUT2D eigenvalue weighted by Gasteiger charge is 2.30. The summed E-state index contributed by atoms with van der Waals surface area (Å²) < 4.78 is 38.0. The molecule has 1 aromatic rings. The van der Waals surface area contributed by atoms with E-state index in [1.807, 2.05) is 0 Å². The van der Waals surface area contributed by atoms with Crippen molar-refractivity contribution in [3.05, 3.63) is 35.4 Å². The van der Waals surface area contributed by atoms with Gasteiger partial charge in [-0.1, -0.05) is 12.1 Å². The van der Waals surface area contributed by atoms with E-state index in [1.54, 1.807) is 0 Å². The van der Waals surface area contributed by atoms with Gasteiger partial charge in [-0.05, 0) is 56.0 Å². The lowest BCUT2D eigenvalue weighted by atomic mass is 9.93. The number of piperidine rings is 1. The van der Waals surface area contributed by atoms with Crippen molar-refractivity contribution < 1.29 is 23.1 Å². The Morgan fingerprint density at radius 2 is 2.04 bits per heavy atom. The Labute approximate surface area is 139 Å². The Morgan fingerprint density at radius 1 is 1.33 bits per heavy atom. The molecule has 4 nitrogen and oxygen atoms in total. The molecule has 3 N–H and O–H groups in total. The minimum absolute atomic E-state index is 0.0909. The molecule has 1 unspecified atom stereocenters. The number of benzene rings is 1. The van der Waals surface area contributed by atoms with Crippen LogP contribution in [0.2, 0.25) is 0 Å². The van der Waals surface area contributed by atoms with Crippen molar-refractivity contribution in [2.75, 3.05) is 19.6 Å². The summed E-state index contributed by atoms with van der Waals surface area (Å²) in [5, 5.41) is 15.8. The molecule has 0 bridgehead atoms. The number of amides is 1. The molecule has 2 rings (SSSR count). The number of hydrogen-bond acceptors (Lipinski definition) is 3. The molecule has 134 valence electrons. The lowest BCUT2D eigenvalue weighted by Gasteiger charge is -2.22. The maximum Gasteiger partial charge on any atom is 0.416 e. The molecule has 0 saturated carbocycles. The Morgan fingerprint density at radius 3 is 2.71 bits per heavy atom. The zero-order valence-corrected chi connectivity index (χ0v) is 13.4. The molecule has 24 heavy (non-hydrogen) atoms. The lowest BCUT2D eigenvalue weighted by Crippen LogP contribution is -2.31. The van der Waals surface area contributed by atoms with E-state index in [0.717, 1.165) is 44.5 Å². The molecule has 0 aromatic heterocycles. The van der Waals surface area contributed by atoms with Crippen LogP contribution in [0.25, 0.3) is 0 Å². The molecular formula is C17H23F3N2O2. The standard InChI is InChI=1S/C17H23F3N2O2/c18-17(19,20)14-3-1-2-13(10-14)15(23)11-22-16(24)5-4-12-6-8-21-9-7-12/h1-3,10,12,15,21,23H,4-9,11H2,(H,22,24). The van der Waals surface area contributed by atoms with Crippen LogP contribution in [0.15, 0.2) is 24.3 Å². The molecule has 7 heteroatoms. The summed E-state index contributed by atoms with van der Waals surface area (Å²) in [5.74, 6) is 0.352. The van der Waals surface area contributed by atoms with Gasteiger partial charge in [0.15, 0.2) is 0 Å². The average Bonchev–Trinajstić information content (AvgIpc) is 2.58. The molecular weight excluding hydrogens is 321 g/mol. The number of carbonyl (C=O) groups excluding carboxylic acids is 1. The van der Waals surface area contributed by atoms with Gasteiger partial charge in [0.2, 0.25) is 5.91 Å². The summed E-state index contributed by atoms with van der Waals surface area (Å²) in [7, 11) is 0. The molecule has 1 aromatic carbocycles. The van der Waals surface area contributed by atoms with Crippen molar-refractivity contribution in [2.24, 2.45) is 5.92 Å². The molecule has 0 aliphatic carbocycles. The van der Waals surface area contributed by atoms with Gasteiger partial charge in [0.05, 0.1) is 11.7 Å². The quantitative estimate of drug-likeness (QED) is 0.743. The molecule has 1 heterocycles. The first-order valence-electron chi connectivity index (χ1n) is 8.19. The third-order valence-electron chi connectivity index (χ3n) is 4.33. The fourth-order valence-electron chi connectivity index (χ4n) is 2.84. The van der Waals surface area contributed by atoms with Crippen LogP contribution in [0.5, 0.6) is 0 Å². The SMILES string of the molecule is O=C(CCC1CCNCC1)NCC(O)c1cccc(C(F)(F)F)c1. The highest BCUT2D eigenvalue weighted by molar-refractivity contribution is 5.75. The molecule has 1 aliphatic heterocycles. The van der Waals surface area contributed by atoms with Gasteiger partial charge < -0.3 is 15.7 Å². The van der Waals surface area contributed by atoms with E-state index in [2.05, 4.69) is 10.6 Å². The third kappa shape index (κ3) is 5.79. The topological polar surface area (TPSA) is 61.4 Å². The molecule has 0 spiro atoms. The zero-order valence-electron chi connectivity index (χ0n) is 13.4. The van der Waals surface area contributed by atoms with Gasteiger partial charge in [-0.2, -0.15) is 13.2 Å². The van der Waals surface area contributed by atoms with Gasteiger partial charge in [-0.15, -0.1) is 0 Å². The molecule has 1 amide bonds. The highest BCUT2D eigenvalue weighted by atomic mass is 19.4. The van der Waals surface area contributed by atoms with E-state index in [-0.39, 0.29) is 18.0 Å². The van der Waals surface area contributed by atoms with Gasteiger partial charge in [-0.3, -0.25) is 4.79 Å². The van der Waals surface area contributed by atoms with Crippen molar-refractivity contribution in [3.8, 4) is 0 Å². The summed E-state index contributed by atoms with van der Waals surface area (Å²) >= 11 is 0. The second-order valence-corrected chi connectivity index (χ2v) is 6.18. The molecule has 0 radical (unpaired) electrons. The van der Waals surface area contributed by atoms with Gasteiger partial charge in [0.1, 0.15) is 0 Å². The fourth-order valence-corrected chi connectivity index (χ4v) is 2.84. The van der Waals surface area contributed by atoms with Gasteiger partial charge >= 0.3 is 6.18 Å². The van der Waals surface area contributed by atoms with Crippen LogP contribution >= 0.6 is 0 Å². The van der Waals surface area contributed by atoms with Crippen molar-refractivity contribution in [3.63, 3.8) is 0 Å². The minimum atomic E-state index is -4.45. The van der Waals surface area contributed by atoms with Crippen LogP contribution in [0.3, 0.4) is 0 Å². The normalized spacial score (nSPS) is 17.5. The number of aliphatic hydroxyl groups is 1. The molecule has 1 fully saturated rings. The number of aliphatic hydroxyl groups excluding tert-OH is 1. The van der Waals surface area contributed by atoms with E-state index in [4.69, 9.17) is 0 Å². The van der Waals surface area contributed by atoms with Crippen LogP contribution in [0.4, 0.5) is 13.2 Å². The first-order chi connectivity index (χ1) is 11.4. The number of hydrogen-bond donors (Lipinski definition) is 3. The van der Waals surface area contributed by atoms with E-state index in [9.17, 15) is 23.1 Å². The van der Waals surface area contributed by atoms with Crippen LogP contribution in [-0.4, -0.2) is 30.6 Å². The number of alkyl halides is 3. The number of carbonyl (C=O) groups is 1. The van der Waals surface area contributed by atoms with Gasteiger partial charge in [0, 0.05) is 13.0 Å². The summed E-state index contributed by atoms with van der Waals surface area (Å²) in [6, 6.07) is 4.53. The Hall–Kier alpha value is -1.60. The average molecular weight is 344 g/mol. The smallest absolute Gasteiger partial charge is 0.387 e. The predicted molar refractivity (Wildman–Crippen MR) is 84.2 cm³/mol. The maximum absolute atomic E-state index is 12.7. The third-order valence-corrected chi connectivity index (χ3v) is 4.33. The summed E-state index contributed by atoms with van der Waals surface area (Å²) in [6.45, 7) is 1.85. The summed E-state index contributed by atoms with van der Waals surface area (Å²) in [6.07, 6.45) is -2.32. The molecule has 1 aliphatic rings. The van der Waals surface area contributed by atoms with Crippen LogP contribution in [0, 0.1) is 5.92 Å². The minimum Gasteiger partial charge on any atom is -0.387 e. The Bertz CT molecular complexity index is 543. The first kappa shape index (κ1) is 18.7. The monoisotopic (exact) mass is 344 g/mol. The van der Waals surface area contributed by atoms with Crippen LogP contribution < -0.4 is 10.6 Å². The zero-order chi connectivity index (χ0) is 17.6. The second kappa shape index (κ2) is 8.48. The van der Waals surface area contributed by atoms with Gasteiger partial charge in [-0.25, -0.2) is 0 Å². The van der Waals surface area contributed by atoms with Crippen molar-refractivity contribution >= 4 is 5.91 Å². The summed E-state index contributed by atoms with van der Waals surface area (Å²) in [4.78, 5) is 11.8. The van der Waals surface area contributed by atoms with Gasteiger partial charge in [0.25, 0.3) is 0 Å². The van der Waals surface area contributed by atoms with E-state index in [0.29, 0.717) is 12.3 Å². The predicted octanol–water partition coefficient (Wildman–Crippen LogP) is 2.63. The largest absolute Gasteiger partial charge is 0.416 e. The summed E-state index contributed by atoms with van der Waals surface area (Å²) in [5.41, 5.74) is -0.667. The Kier molecular flexibility index (Phi) is 6.62. The van der Waals surface area contributed by atoms with E-state index >= 15 is 0 Å². The fraction of sp³-hybridized carbons (Fsp3) is 0.588. The number of nitrogens with one attached hydrogen (secondary N) is 2. The first-order valence-corrected chi connectivity index (χ1v) is 8.19. The van der Waals surface area contributed by atoms with Crippen LogP contribution in [0.1, 0.15) is 42.9 Å². The number of rotatable bonds is 6. The maximum atomic E-state index is 12.7. The second-order valence-electron chi connectivity index (χ2n) is 6.18. The molecule has 1 saturated heterocycles. The van der Waals surface area contributed by atoms with Crippen molar-refractivity contribution in [2.45, 2.75) is 38.0 Å². The number of halogens is 3. The lowest BCUT2D eigenvalue weighted by molar-refractivity contribution is -0.137. The highest BCUT2D eigenvalue weighted by Crippen LogP contribution is 2.30. The Balaban J connectivity index is 1.77. The molecule has 1 atom stereocenters. The van der Waals surface area contributed by atoms with E-state index < -0.39 is 17.8 Å². The van der Waals surface area contributed by atoms with Crippen LogP contribution in [-0.2, 0) is 11.0 Å².